The second kappa shape index (κ2) is 32.0. The SMILES string of the molecule is C=CCOc1cc2c(c(OCOC)c1)C(=O)O[C@@H](C)[C@H](C)/C=C\C(OC(=O)c1ccccc1)[C@H]1OC(C)(C)O[C@H]1C/C=C/2.COCOc1cc(OCC(O)CO)cc2c1C(=O)O[C@@H](C)[C@H](C)/C=C\C(OC(=O)c1ccccc1)C1OC(C)(C)O[C@H]1C/C=C/2. The molecule has 11 atom stereocenters. The third kappa shape index (κ3) is 18.9. The van der Waals surface area contributed by atoms with E-state index in [1.165, 1.54) is 20.3 Å². The number of rotatable bonds is 17. The largest absolute Gasteiger partial charge is 0.491 e. The molecule has 4 aliphatic rings. The third-order valence-corrected chi connectivity index (χ3v) is 14.5. The molecule has 8 rings (SSSR count). The first-order chi connectivity index (χ1) is 42.1. The van der Waals surface area contributed by atoms with Gasteiger partial charge in [0.1, 0.15) is 90.1 Å². The monoisotopic (exact) mass is 1220 g/mol. The van der Waals surface area contributed by atoms with Gasteiger partial charge in [-0.15, -0.1) is 0 Å². The van der Waals surface area contributed by atoms with E-state index in [2.05, 4.69) is 6.58 Å². The number of aliphatic hydroxyl groups is 2. The molecule has 88 heavy (non-hydrogen) atoms. The van der Waals surface area contributed by atoms with E-state index in [4.69, 9.17) is 66.3 Å². The van der Waals surface area contributed by atoms with E-state index < -0.39 is 97.0 Å². The van der Waals surface area contributed by atoms with Crippen LogP contribution < -0.4 is 18.9 Å². The fourth-order valence-corrected chi connectivity index (χ4v) is 9.78. The van der Waals surface area contributed by atoms with Crippen molar-refractivity contribution in [3.63, 3.8) is 0 Å². The van der Waals surface area contributed by atoms with Crippen molar-refractivity contribution in [3.05, 3.63) is 167 Å². The molecular weight excluding hydrogens is 1140 g/mol. The minimum Gasteiger partial charge on any atom is -0.491 e. The van der Waals surface area contributed by atoms with Crippen molar-refractivity contribution in [3.8, 4) is 23.0 Å². The Labute approximate surface area is 514 Å². The lowest BCUT2D eigenvalue weighted by atomic mass is 9.98. The molecular formula is C68H82O20. The third-order valence-electron chi connectivity index (χ3n) is 14.5. The van der Waals surface area contributed by atoms with E-state index in [0.717, 1.165) is 0 Å². The highest BCUT2D eigenvalue weighted by Gasteiger charge is 2.47. The summed E-state index contributed by atoms with van der Waals surface area (Å²) >= 11 is 0. The number of aliphatic hydroxyl groups excluding tert-OH is 2. The fraction of sp³-hybridized carbons (Fsp3) is 0.441. The van der Waals surface area contributed by atoms with Crippen LogP contribution in [0.5, 0.6) is 23.0 Å². The molecule has 0 bridgehead atoms. The van der Waals surface area contributed by atoms with Crippen LogP contribution in [0.2, 0.25) is 0 Å². The van der Waals surface area contributed by atoms with Crippen LogP contribution in [0.1, 0.15) is 121 Å². The molecule has 0 amide bonds. The molecule has 474 valence electrons. The predicted molar refractivity (Wildman–Crippen MR) is 325 cm³/mol. The predicted octanol–water partition coefficient (Wildman–Crippen LogP) is 10.4. The van der Waals surface area contributed by atoms with Crippen LogP contribution in [0.15, 0.2) is 134 Å². The maximum Gasteiger partial charge on any atom is 0.342 e. The summed E-state index contributed by atoms with van der Waals surface area (Å²) in [6, 6.07) is 24.0. The van der Waals surface area contributed by atoms with Gasteiger partial charge in [-0.3, -0.25) is 0 Å². The summed E-state index contributed by atoms with van der Waals surface area (Å²) in [5.41, 5.74) is 2.20. The Kier molecular flexibility index (Phi) is 24.7. The summed E-state index contributed by atoms with van der Waals surface area (Å²) in [6.45, 7) is 17.7. The molecule has 20 nitrogen and oxygen atoms in total. The summed E-state index contributed by atoms with van der Waals surface area (Å²) in [7, 11) is 2.95. The van der Waals surface area contributed by atoms with E-state index >= 15 is 0 Å². The Morgan fingerprint density at radius 3 is 1.43 bits per heavy atom. The number of hydrogen-bond acceptors (Lipinski definition) is 20. The van der Waals surface area contributed by atoms with Crippen LogP contribution in [0.3, 0.4) is 0 Å². The lowest BCUT2D eigenvalue weighted by Crippen LogP contribution is -2.37. The molecule has 0 saturated carbocycles. The summed E-state index contributed by atoms with van der Waals surface area (Å²) in [4.78, 5) is 53.5. The zero-order chi connectivity index (χ0) is 63.5. The van der Waals surface area contributed by atoms with Crippen LogP contribution in [0, 0.1) is 11.8 Å². The van der Waals surface area contributed by atoms with Crippen LogP contribution in [-0.2, 0) is 47.4 Å². The Hall–Kier alpha value is -7.66. The fourth-order valence-electron chi connectivity index (χ4n) is 9.78. The molecule has 2 fully saturated rings. The number of esters is 4. The van der Waals surface area contributed by atoms with Crippen molar-refractivity contribution < 1.29 is 95.7 Å². The normalized spacial score (nSPS) is 26.6. The van der Waals surface area contributed by atoms with Gasteiger partial charge in [-0.2, -0.15) is 0 Å². The van der Waals surface area contributed by atoms with E-state index in [0.29, 0.717) is 46.6 Å². The van der Waals surface area contributed by atoms with Gasteiger partial charge in [0.15, 0.2) is 25.2 Å². The first kappa shape index (κ1) is 67.8. The second-order valence-electron chi connectivity index (χ2n) is 22.4. The summed E-state index contributed by atoms with van der Waals surface area (Å²) in [6.07, 6.45) is 10.8. The molecule has 0 aliphatic carbocycles. The Morgan fingerprint density at radius 2 is 1.03 bits per heavy atom. The first-order valence-corrected chi connectivity index (χ1v) is 29.2. The van der Waals surface area contributed by atoms with Gasteiger partial charge in [0, 0.05) is 38.2 Å². The van der Waals surface area contributed by atoms with Crippen molar-refractivity contribution in [2.45, 2.75) is 135 Å². The second-order valence-corrected chi connectivity index (χ2v) is 22.4. The number of methoxy groups -OCH3 is 2. The average molecular weight is 1220 g/mol. The Morgan fingerprint density at radius 1 is 0.614 bits per heavy atom. The molecule has 20 heteroatoms. The van der Waals surface area contributed by atoms with Crippen molar-refractivity contribution in [1.29, 1.82) is 0 Å². The number of hydrogen-bond donors (Lipinski definition) is 2. The van der Waals surface area contributed by atoms with Gasteiger partial charge in [-0.05, 0) is 114 Å². The zero-order valence-corrected chi connectivity index (χ0v) is 51.5. The minimum absolute atomic E-state index is 0.0733. The van der Waals surface area contributed by atoms with Crippen LogP contribution >= 0.6 is 0 Å². The number of benzene rings is 4. The number of carbonyl (C=O) groups is 4. The number of carbonyl (C=O) groups excluding carboxylic acids is 4. The number of fused-ring (bicyclic) bond motifs is 4. The molecule has 4 heterocycles. The van der Waals surface area contributed by atoms with Gasteiger partial charge < -0.3 is 76.5 Å². The van der Waals surface area contributed by atoms with E-state index in [-0.39, 0.29) is 61.3 Å². The molecule has 0 spiro atoms. The standard InChI is InChI=1S/C34H42O11.C34H40O9/c1-21-14-15-27(43-32(37)23-10-7-6-8-11-23)31-28(44-34(3,4)45-31)13-9-12-24-16-26(40-19-25(36)18-35)17-29(41-20-39-5)30(24)33(38)42-22(21)2;1-7-18-38-26-19-25-14-11-15-28-31(43-34(4,5)42-28)27(41-32(35)24-12-9-8-10-13-24)17-16-22(2)23(3)40-33(36)30(25)29(20-26)39-21-37-6/h6-12,14-17,21-22,25,27-28,31,35-36H,13,18-20H2,1-5H3;7-14,16-17,19-20,22-23,27-28,31H,1,15,18,21H2,2-6H3/b12-9+,15-14-;14-11+,17-16-/t21-,22+,25?,27?,28+,31?;22-,23+,27?,28+,31-/m11/s1. The lowest BCUT2D eigenvalue weighted by molar-refractivity contribution is -0.153. The van der Waals surface area contributed by atoms with Crippen LogP contribution in [-0.4, -0.2) is 148 Å². The maximum atomic E-state index is 13.6. The van der Waals surface area contributed by atoms with E-state index in [1.807, 2.05) is 64.1 Å². The summed E-state index contributed by atoms with van der Waals surface area (Å²) < 4.78 is 82.1. The molecule has 4 aromatic rings. The molecule has 0 radical (unpaired) electrons. The minimum atomic E-state index is -1.10. The van der Waals surface area contributed by atoms with E-state index in [1.54, 1.807) is 125 Å². The first-order valence-electron chi connectivity index (χ1n) is 29.2. The van der Waals surface area contributed by atoms with E-state index in [9.17, 15) is 29.4 Å². The van der Waals surface area contributed by atoms with Gasteiger partial charge in [0.05, 0.1) is 29.9 Å². The van der Waals surface area contributed by atoms with Crippen molar-refractivity contribution in [2.24, 2.45) is 11.8 Å². The smallest absolute Gasteiger partial charge is 0.342 e. The molecule has 2 saturated heterocycles. The zero-order valence-electron chi connectivity index (χ0n) is 51.5. The van der Waals surface area contributed by atoms with Gasteiger partial charge in [0.2, 0.25) is 0 Å². The topological polar surface area (TPSA) is 238 Å². The Balaban J connectivity index is 0.000000251. The molecule has 2 N–H and O–H groups in total. The molecule has 4 aliphatic heterocycles. The van der Waals surface area contributed by atoms with Gasteiger partial charge in [-0.25, -0.2) is 19.2 Å². The van der Waals surface area contributed by atoms with Gasteiger partial charge >= 0.3 is 23.9 Å². The maximum absolute atomic E-state index is 13.6. The van der Waals surface area contributed by atoms with Crippen LogP contribution in [0.25, 0.3) is 12.2 Å². The van der Waals surface area contributed by atoms with Crippen LogP contribution in [0.4, 0.5) is 0 Å². The van der Waals surface area contributed by atoms with Crippen molar-refractivity contribution in [1.82, 2.24) is 0 Å². The number of cyclic esters (lactones) is 2. The highest BCUT2D eigenvalue weighted by molar-refractivity contribution is 5.98. The summed E-state index contributed by atoms with van der Waals surface area (Å²) in [5, 5.41) is 19.0. The molecule has 4 aromatic carbocycles. The van der Waals surface area contributed by atoms with Crippen molar-refractivity contribution in [2.75, 3.05) is 47.6 Å². The quantitative estimate of drug-likeness (QED) is 0.0432. The highest BCUT2D eigenvalue weighted by atomic mass is 16.8. The highest BCUT2D eigenvalue weighted by Crippen LogP contribution is 2.39. The van der Waals surface area contributed by atoms with Gasteiger partial charge in [0.25, 0.3) is 0 Å². The summed E-state index contributed by atoms with van der Waals surface area (Å²) in [5.74, 6) is -3.34. The molecule has 4 unspecified atom stereocenters. The molecule has 0 aromatic heterocycles. The van der Waals surface area contributed by atoms with Crippen molar-refractivity contribution >= 4 is 36.0 Å². The van der Waals surface area contributed by atoms with Gasteiger partial charge in [-0.1, -0.05) is 99.4 Å². The number of ether oxygens (including phenoxy) is 14. The Bertz CT molecular complexity index is 3100. The lowest BCUT2D eigenvalue weighted by Gasteiger charge is -2.26. The average Bonchev–Trinajstić information content (AvgIpc) is 3.01.